The van der Waals surface area contributed by atoms with Gasteiger partial charge in [-0.25, -0.2) is 9.97 Å². The summed E-state index contributed by atoms with van der Waals surface area (Å²) < 4.78 is 5.28. The Bertz CT molecular complexity index is 668. The molecule has 0 bridgehead atoms. The van der Waals surface area contributed by atoms with Gasteiger partial charge in [0.05, 0.1) is 0 Å². The monoisotopic (exact) mass is 299 g/mol. The highest BCUT2D eigenvalue weighted by atomic mass is 16.5. The molecule has 0 amide bonds. The molecule has 1 fully saturated rings. The minimum atomic E-state index is 0.338. The summed E-state index contributed by atoms with van der Waals surface area (Å²) >= 11 is 0. The first-order valence-electron chi connectivity index (χ1n) is 8.25. The van der Waals surface area contributed by atoms with Gasteiger partial charge in [-0.15, -0.1) is 0 Å². The van der Waals surface area contributed by atoms with Crippen LogP contribution < -0.4 is 4.90 Å². The van der Waals surface area contributed by atoms with Gasteiger partial charge in [-0.2, -0.15) is 4.98 Å². The molecule has 1 aliphatic heterocycles. The number of piperidine rings is 1. The van der Waals surface area contributed by atoms with Gasteiger partial charge >= 0.3 is 0 Å². The zero-order chi connectivity index (χ0) is 14.9. The van der Waals surface area contributed by atoms with E-state index in [9.17, 15) is 0 Å². The third kappa shape index (κ3) is 2.36. The molecule has 0 aromatic carbocycles. The summed E-state index contributed by atoms with van der Waals surface area (Å²) in [5, 5.41) is 4.17. The number of fused-ring (bicyclic) bond motifs is 1. The Morgan fingerprint density at radius 1 is 1.27 bits per heavy atom. The molecule has 0 N–H and O–H groups in total. The molecule has 2 aromatic rings. The second-order valence-electron chi connectivity index (χ2n) is 6.16. The third-order valence-electron chi connectivity index (χ3n) is 4.72. The van der Waals surface area contributed by atoms with Gasteiger partial charge in [0.2, 0.25) is 5.89 Å². The fourth-order valence-electron chi connectivity index (χ4n) is 3.57. The molecular formula is C16H21N5O. The second-order valence-corrected chi connectivity index (χ2v) is 6.16. The number of rotatable bonds is 3. The van der Waals surface area contributed by atoms with Gasteiger partial charge in [-0.1, -0.05) is 12.1 Å². The van der Waals surface area contributed by atoms with E-state index in [1.165, 1.54) is 17.7 Å². The fourth-order valence-corrected chi connectivity index (χ4v) is 3.57. The standard InChI is InChI=1S/C16H21N5O/c1-2-14-19-15(20-22-14)11-5-4-8-21(9-11)16-12-6-3-7-13(12)17-10-18-16/h10-11H,2-9H2,1H3/t11-/m0/s1. The summed E-state index contributed by atoms with van der Waals surface area (Å²) in [6.07, 6.45) is 8.16. The van der Waals surface area contributed by atoms with Gasteiger partial charge < -0.3 is 9.42 Å². The van der Waals surface area contributed by atoms with Gasteiger partial charge in [-0.05, 0) is 32.1 Å². The number of anilines is 1. The molecule has 1 aliphatic carbocycles. The Morgan fingerprint density at radius 2 is 2.23 bits per heavy atom. The molecule has 4 rings (SSSR count). The number of aromatic nitrogens is 4. The summed E-state index contributed by atoms with van der Waals surface area (Å²) in [6.45, 7) is 4.01. The van der Waals surface area contributed by atoms with Crippen molar-refractivity contribution in [3.63, 3.8) is 0 Å². The zero-order valence-electron chi connectivity index (χ0n) is 13.0. The summed E-state index contributed by atoms with van der Waals surface area (Å²) in [5.41, 5.74) is 2.59. The lowest BCUT2D eigenvalue weighted by Crippen LogP contribution is -2.36. The SMILES string of the molecule is CCc1nc([C@H]2CCCN(c3ncnc4c3CCC4)C2)no1. The maximum Gasteiger partial charge on any atom is 0.226 e. The zero-order valence-corrected chi connectivity index (χ0v) is 13.0. The highest BCUT2D eigenvalue weighted by molar-refractivity contribution is 5.51. The topological polar surface area (TPSA) is 67.9 Å². The van der Waals surface area contributed by atoms with Gasteiger partial charge in [-0.3, -0.25) is 0 Å². The maximum absolute atomic E-state index is 5.28. The highest BCUT2D eigenvalue weighted by Crippen LogP contribution is 2.32. The summed E-state index contributed by atoms with van der Waals surface area (Å²) in [7, 11) is 0. The maximum atomic E-state index is 5.28. The molecule has 0 saturated carbocycles. The molecular weight excluding hydrogens is 278 g/mol. The average molecular weight is 299 g/mol. The first-order valence-corrected chi connectivity index (χ1v) is 8.25. The Balaban J connectivity index is 1.57. The Labute approximate surface area is 130 Å². The first kappa shape index (κ1) is 13.7. The van der Waals surface area contributed by atoms with E-state index in [1.807, 2.05) is 6.92 Å². The van der Waals surface area contributed by atoms with Crippen molar-refractivity contribution in [1.82, 2.24) is 20.1 Å². The molecule has 0 radical (unpaired) electrons. The van der Waals surface area contributed by atoms with Crippen LogP contribution in [-0.2, 0) is 19.3 Å². The van der Waals surface area contributed by atoms with Gasteiger partial charge in [0, 0.05) is 36.7 Å². The van der Waals surface area contributed by atoms with E-state index in [2.05, 4.69) is 25.0 Å². The molecule has 0 unspecified atom stereocenters. The van der Waals surface area contributed by atoms with Crippen LogP contribution in [0, 0.1) is 0 Å². The van der Waals surface area contributed by atoms with Crippen molar-refractivity contribution >= 4 is 5.82 Å². The van der Waals surface area contributed by atoms with E-state index in [0.29, 0.717) is 5.92 Å². The minimum Gasteiger partial charge on any atom is -0.356 e. The van der Waals surface area contributed by atoms with E-state index in [1.54, 1.807) is 6.33 Å². The summed E-state index contributed by atoms with van der Waals surface area (Å²) in [6, 6.07) is 0. The minimum absolute atomic E-state index is 0.338. The smallest absolute Gasteiger partial charge is 0.226 e. The Kier molecular flexibility index (Phi) is 3.52. The molecule has 2 aliphatic rings. The van der Waals surface area contributed by atoms with E-state index in [-0.39, 0.29) is 0 Å². The van der Waals surface area contributed by atoms with Crippen molar-refractivity contribution in [3.8, 4) is 0 Å². The third-order valence-corrected chi connectivity index (χ3v) is 4.72. The summed E-state index contributed by atoms with van der Waals surface area (Å²) in [5.74, 6) is 3.05. The first-order chi connectivity index (χ1) is 10.8. The largest absolute Gasteiger partial charge is 0.356 e. The second kappa shape index (κ2) is 5.66. The molecule has 116 valence electrons. The molecule has 6 heteroatoms. The normalized spacial score (nSPS) is 21.1. The van der Waals surface area contributed by atoms with E-state index in [4.69, 9.17) is 4.52 Å². The van der Waals surface area contributed by atoms with Crippen molar-refractivity contribution in [2.24, 2.45) is 0 Å². The van der Waals surface area contributed by atoms with Crippen molar-refractivity contribution in [1.29, 1.82) is 0 Å². The van der Waals surface area contributed by atoms with E-state index >= 15 is 0 Å². The van der Waals surface area contributed by atoms with Crippen LogP contribution >= 0.6 is 0 Å². The number of aryl methyl sites for hydroxylation is 2. The molecule has 2 aromatic heterocycles. The molecule has 0 spiro atoms. The van der Waals surface area contributed by atoms with Crippen molar-refractivity contribution < 1.29 is 4.52 Å². The molecule has 1 atom stereocenters. The van der Waals surface area contributed by atoms with Crippen LogP contribution in [0.1, 0.15) is 55.1 Å². The van der Waals surface area contributed by atoms with Gasteiger partial charge in [0.1, 0.15) is 12.1 Å². The lowest BCUT2D eigenvalue weighted by atomic mass is 9.97. The molecule has 1 saturated heterocycles. The van der Waals surface area contributed by atoms with Crippen LogP contribution in [0.15, 0.2) is 10.9 Å². The van der Waals surface area contributed by atoms with E-state index in [0.717, 1.165) is 62.7 Å². The molecule has 22 heavy (non-hydrogen) atoms. The van der Waals surface area contributed by atoms with Crippen LogP contribution in [0.5, 0.6) is 0 Å². The Morgan fingerprint density at radius 3 is 3.09 bits per heavy atom. The van der Waals surface area contributed by atoms with Crippen molar-refractivity contribution in [2.45, 2.75) is 51.4 Å². The van der Waals surface area contributed by atoms with Gasteiger partial charge in [0.15, 0.2) is 5.82 Å². The van der Waals surface area contributed by atoms with Gasteiger partial charge in [0.25, 0.3) is 0 Å². The average Bonchev–Trinajstić information content (AvgIpc) is 3.23. The van der Waals surface area contributed by atoms with Crippen LogP contribution in [-0.4, -0.2) is 33.2 Å². The fraction of sp³-hybridized carbons (Fsp3) is 0.625. The van der Waals surface area contributed by atoms with Crippen LogP contribution in [0.3, 0.4) is 0 Å². The quantitative estimate of drug-likeness (QED) is 0.866. The lowest BCUT2D eigenvalue weighted by molar-refractivity contribution is 0.368. The summed E-state index contributed by atoms with van der Waals surface area (Å²) in [4.78, 5) is 15.9. The van der Waals surface area contributed by atoms with Crippen molar-refractivity contribution in [2.75, 3.05) is 18.0 Å². The highest BCUT2D eigenvalue weighted by Gasteiger charge is 2.28. The number of hydrogen-bond acceptors (Lipinski definition) is 6. The molecule has 6 nitrogen and oxygen atoms in total. The number of hydrogen-bond donors (Lipinski definition) is 0. The van der Waals surface area contributed by atoms with Crippen LogP contribution in [0.2, 0.25) is 0 Å². The predicted molar refractivity (Wildman–Crippen MR) is 81.9 cm³/mol. The Hall–Kier alpha value is -1.98. The van der Waals surface area contributed by atoms with E-state index < -0.39 is 0 Å². The van der Waals surface area contributed by atoms with Crippen molar-refractivity contribution in [3.05, 3.63) is 29.3 Å². The van der Waals surface area contributed by atoms with Crippen LogP contribution in [0.25, 0.3) is 0 Å². The predicted octanol–water partition coefficient (Wildman–Crippen LogP) is 2.29. The molecule has 3 heterocycles. The van der Waals surface area contributed by atoms with Crippen LogP contribution in [0.4, 0.5) is 5.82 Å². The lowest BCUT2D eigenvalue weighted by Gasteiger charge is -2.33. The number of nitrogens with zero attached hydrogens (tertiary/aromatic N) is 5.